The van der Waals surface area contributed by atoms with Crippen LogP contribution in [0.2, 0.25) is 0 Å². The summed E-state index contributed by atoms with van der Waals surface area (Å²) in [6, 6.07) is 0. The molecule has 92 valence electrons. The second-order valence-corrected chi connectivity index (χ2v) is 5.66. The summed E-state index contributed by atoms with van der Waals surface area (Å²) in [4.78, 5) is 0. The van der Waals surface area contributed by atoms with Crippen LogP contribution in [-0.2, 0) is 0 Å². The lowest BCUT2D eigenvalue weighted by molar-refractivity contribution is 0.155. The van der Waals surface area contributed by atoms with E-state index in [4.69, 9.17) is 0 Å². The average Bonchev–Trinajstić information content (AvgIpc) is 2.00. The van der Waals surface area contributed by atoms with E-state index in [2.05, 4.69) is 27.7 Å². The lowest BCUT2D eigenvalue weighted by Crippen LogP contribution is -2.12. The Morgan fingerprint density at radius 3 is 1.73 bits per heavy atom. The van der Waals surface area contributed by atoms with Crippen molar-refractivity contribution >= 4 is 0 Å². The van der Waals surface area contributed by atoms with Gasteiger partial charge in [0.2, 0.25) is 0 Å². The predicted molar refractivity (Wildman–Crippen MR) is 67.9 cm³/mol. The third-order valence-electron chi connectivity index (χ3n) is 3.13. The van der Waals surface area contributed by atoms with Gasteiger partial charge in [0.25, 0.3) is 0 Å². The van der Waals surface area contributed by atoms with Crippen LogP contribution in [0.15, 0.2) is 0 Å². The molecule has 0 aliphatic rings. The molecule has 0 aromatic carbocycles. The highest BCUT2D eigenvalue weighted by atomic mass is 16.3. The van der Waals surface area contributed by atoms with Crippen LogP contribution in [0.4, 0.5) is 0 Å². The first-order valence-electron chi connectivity index (χ1n) is 6.63. The monoisotopic (exact) mass is 214 g/mol. The number of hydrogen-bond acceptors (Lipinski definition) is 1. The van der Waals surface area contributed by atoms with Crippen LogP contribution in [0.3, 0.4) is 0 Å². The highest BCUT2D eigenvalue weighted by molar-refractivity contribution is 4.65. The topological polar surface area (TPSA) is 20.2 Å². The van der Waals surface area contributed by atoms with Gasteiger partial charge in [-0.15, -0.1) is 0 Å². The second-order valence-electron chi connectivity index (χ2n) is 5.66. The Labute approximate surface area is 96.3 Å². The molecule has 15 heavy (non-hydrogen) atoms. The third kappa shape index (κ3) is 8.92. The quantitative estimate of drug-likeness (QED) is 0.640. The van der Waals surface area contributed by atoms with Gasteiger partial charge in [-0.25, -0.2) is 0 Å². The summed E-state index contributed by atoms with van der Waals surface area (Å²) in [5, 5.41) is 9.30. The Morgan fingerprint density at radius 1 is 0.800 bits per heavy atom. The first kappa shape index (κ1) is 15.0. The van der Waals surface area contributed by atoms with Gasteiger partial charge in [-0.3, -0.25) is 0 Å². The summed E-state index contributed by atoms with van der Waals surface area (Å²) in [5.41, 5.74) is 0. The van der Waals surface area contributed by atoms with Gasteiger partial charge in [-0.05, 0) is 43.9 Å². The summed E-state index contributed by atoms with van der Waals surface area (Å²) in [6.07, 6.45) is 6.08. The van der Waals surface area contributed by atoms with E-state index in [0.29, 0.717) is 5.92 Å². The van der Waals surface area contributed by atoms with Crippen molar-refractivity contribution < 1.29 is 5.11 Å². The van der Waals surface area contributed by atoms with Crippen LogP contribution >= 0.6 is 0 Å². The van der Waals surface area contributed by atoms with Gasteiger partial charge in [-0.2, -0.15) is 0 Å². The maximum atomic E-state index is 9.30. The molecular weight excluding hydrogens is 184 g/mol. The maximum absolute atomic E-state index is 9.30. The van der Waals surface area contributed by atoms with Crippen molar-refractivity contribution in [3.63, 3.8) is 0 Å². The van der Waals surface area contributed by atoms with E-state index in [0.717, 1.165) is 18.3 Å². The third-order valence-corrected chi connectivity index (χ3v) is 3.13. The van der Waals surface area contributed by atoms with Gasteiger partial charge >= 0.3 is 0 Å². The van der Waals surface area contributed by atoms with Crippen molar-refractivity contribution in [2.24, 2.45) is 17.8 Å². The fourth-order valence-corrected chi connectivity index (χ4v) is 2.76. The number of hydrogen-bond donors (Lipinski definition) is 1. The van der Waals surface area contributed by atoms with Gasteiger partial charge in [0.1, 0.15) is 0 Å². The van der Waals surface area contributed by atoms with Crippen molar-refractivity contribution in [2.45, 2.75) is 72.8 Å². The molecule has 0 radical (unpaired) electrons. The Morgan fingerprint density at radius 2 is 1.27 bits per heavy atom. The maximum Gasteiger partial charge on any atom is 0.0514 e. The summed E-state index contributed by atoms with van der Waals surface area (Å²) in [5.74, 6) is 2.33. The molecule has 0 fully saturated rings. The van der Waals surface area contributed by atoms with Crippen molar-refractivity contribution in [1.82, 2.24) is 0 Å². The first-order valence-corrected chi connectivity index (χ1v) is 6.63. The van der Waals surface area contributed by atoms with Gasteiger partial charge in [0, 0.05) is 0 Å². The van der Waals surface area contributed by atoms with Crippen LogP contribution < -0.4 is 0 Å². The Hall–Kier alpha value is -0.0400. The molecular formula is C14H30O. The highest BCUT2D eigenvalue weighted by Crippen LogP contribution is 2.24. The number of aliphatic hydroxyl groups excluding tert-OH is 1. The van der Waals surface area contributed by atoms with Crippen LogP contribution in [0, 0.1) is 17.8 Å². The van der Waals surface area contributed by atoms with E-state index in [9.17, 15) is 5.11 Å². The molecule has 0 bridgehead atoms. The molecule has 0 amide bonds. The fourth-order valence-electron chi connectivity index (χ4n) is 2.76. The van der Waals surface area contributed by atoms with Crippen molar-refractivity contribution in [2.75, 3.05) is 0 Å². The van der Waals surface area contributed by atoms with Gasteiger partial charge in [0.15, 0.2) is 0 Å². The summed E-state index contributed by atoms with van der Waals surface area (Å²) >= 11 is 0. The zero-order valence-electron chi connectivity index (χ0n) is 11.3. The number of rotatable bonds is 8. The molecule has 1 N–H and O–H groups in total. The van der Waals surface area contributed by atoms with E-state index in [1.54, 1.807) is 0 Å². The summed E-state index contributed by atoms with van der Waals surface area (Å²) in [6.45, 7) is 11.1. The molecule has 0 aliphatic heterocycles. The smallest absolute Gasteiger partial charge is 0.0514 e. The van der Waals surface area contributed by atoms with Crippen LogP contribution in [0.1, 0.15) is 66.7 Å². The lowest BCUT2D eigenvalue weighted by Gasteiger charge is -2.21. The van der Waals surface area contributed by atoms with E-state index >= 15 is 0 Å². The minimum atomic E-state index is -0.139. The molecule has 4 atom stereocenters. The Bertz CT molecular complexity index is 142. The molecule has 0 heterocycles. The average molecular weight is 214 g/mol. The highest BCUT2D eigenvalue weighted by Gasteiger charge is 2.13. The number of aliphatic hydroxyl groups is 1. The van der Waals surface area contributed by atoms with Gasteiger partial charge in [-0.1, -0.05) is 40.5 Å². The van der Waals surface area contributed by atoms with Crippen molar-refractivity contribution in [1.29, 1.82) is 0 Å². The van der Waals surface area contributed by atoms with Crippen LogP contribution in [0.25, 0.3) is 0 Å². The molecule has 0 aliphatic carbocycles. The standard InChI is InChI=1S/C14H30O/c1-6-7-11(2)8-12(3)9-13(4)10-14(5)15/h11-15H,6-10H2,1-5H3/t11?,12-,13-,14-/m0/s1. The second kappa shape index (κ2) is 8.15. The van der Waals surface area contributed by atoms with Crippen LogP contribution in [-0.4, -0.2) is 11.2 Å². The molecule has 1 heteroatoms. The molecule has 0 aromatic heterocycles. The summed E-state index contributed by atoms with van der Waals surface area (Å²) < 4.78 is 0. The normalized spacial score (nSPS) is 19.6. The van der Waals surface area contributed by atoms with Crippen molar-refractivity contribution in [3.8, 4) is 0 Å². The minimum absolute atomic E-state index is 0.139. The molecule has 0 rings (SSSR count). The van der Waals surface area contributed by atoms with Crippen LogP contribution in [0.5, 0.6) is 0 Å². The molecule has 0 saturated carbocycles. The predicted octanol–water partition coefficient (Wildman–Crippen LogP) is 4.25. The SMILES string of the molecule is CCCC(C)C[C@H](C)C[C@H](C)C[C@H](C)O. The molecule has 0 aromatic rings. The Balaban J connectivity index is 3.67. The van der Waals surface area contributed by atoms with Gasteiger partial charge < -0.3 is 5.11 Å². The Kier molecular flexibility index (Phi) is 8.13. The molecule has 0 saturated heterocycles. The summed E-state index contributed by atoms with van der Waals surface area (Å²) in [7, 11) is 0. The zero-order valence-corrected chi connectivity index (χ0v) is 11.3. The van der Waals surface area contributed by atoms with E-state index in [1.807, 2.05) is 6.92 Å². The first-order chi connectivity index (χ1) is 6.95. The molecule has 1 nitrogen and oxygen atoms in total. The van der Waals surface area contributed by atoms with E-state index < -0.39 is 0 Å². The molecule has 0 spiro atoms. The zero-order chi connectivity index (χ0) is 11.8. The molecule has 1 unspecified atom stereocenters. The minimum Gasteiger partial charge on any atom is -0.393 e. The fraction of sp³-hybridized carbons (Fsp3) is 1.00. The largest absolute Gasteiger partial charge is 0.393 e. The van der Waals surface area contributed by atoms with Gasteiger partial charge in [0.05, 0.1) is 6.10 Å². The van der Waals surface area contributed by atoms with E-state index in [-0.39, 0.29) is 6.10 Å². The lowest BCUT2D eigenvalue weighted by atomic mass is 9.86. The van der Waals surface area contributed by atoms with E-state index in [1.165, 1.54) is 25.7 Å². The van der Waals surface area contributed by atoms with Crippen molar-refractivity contribution in [3.05, 3.63) is 0 Å².